The van der Waals surface area contributed by atoms with E-state index < -0.39 is 70.3 Å². The highest BCUT2D eigenvalue weighted by atomic mass is 16.6. The third kappa shape index (κ3) is 14.8. The number of carbonyl (C=O) groups excluding carboxylic acids is 11. The Kier molecular flexibility index (Phi) is 24.7. The number of furan rings is 3. The number of carbonyl (C=O) groups is 13. The number of aromatic nitrogens is 2. The van der Waals surface area contributed by atoms with Gasteiger partial charge in [-0.15, -0.1) is 0 Å². The molecule has 2 amide bonds. The van der Waals surface area contributed by atoms with E-state index in [-0.39, 0.29) is 197 Å². The Morgan fingerprint density at radius 3 is 1.33 bits per heavy atom. The fraction of sp³-hybridized carbons (Fsp3) is 0.535. The number of esters is 3. The number of likely N-dealkylation sites (N-methyl/N-ethyl adjacent to an activating group) is 1. The van der Waals surface area contributed by atoms with Gasteiger partial charge >= 0.3 is 29.8 Å². The number of carboxylic acids is 2. The number of aromatic carboxylic acids is 1. The van der Waals surface area contributed by atoms with Gasteiger partial charge in [0.15, 0.2) is 23.1 Å². The molecule has 4 aromatic heterocycles. The van der Waals surface area contributed by atoms with E-state index in [4.69, 9.17) is 62.2 Å². The van der Waals surface area contributed by atoms with Crippen LogP contribution in [0.1, 0.15) is 280 Å². The second kappa shape index (κ2) is 35.0. The van der Waals surface area contributed by atoms with Crippen molar-refractivity contribution in [1.29, 1.82) is 0 Å². The molecule has 4 aliphatic heterocycles. The molecule has 1 aromatic carbocycles. The number of methoxy groups -OCH3 is 4. The summed E-state index contributed by atoms with van der Waals surface area (Å²) in [7, 11) is 7.88. The molecule has 5 N–H and O–H groups in total. The first-order chi connectivity index (χ1) is 62.6. The highest BCUT2D eigenvalue weighted by Crippen LogP contribution is 2.69. The largest absolute Gasteiger partial charge is 0.495 e. The third-order valence-electron chi connectivity index (χ3n) is 32.2. The molecule has 0 saturated heterocycles. The minimum atomic E-state index is -1.03. The van der Waals surface area contributed by atoms with E-state index in [1.165, 1.54) is 52.3 Å². The maximum Gasteiger partial charge on any atom is 0.342 e. The van der Waals surface area contributed by atoms with Crippen LogP contribution in [-0.2, 0) is 73.4 Å². The molecule has 0 bridgehead atoms. The summed E-state index contributed by atoms with van der Waals surface area (Å²) in [5.41, 5.74) is 13.5. The Morgan fingerprint density at radius 1 is 0.568 bits per heavy atom. The third-order valence-corrected chi connectivity index (χ3v) is 32.2. The van der Waals surface area contributed by atoms with E-state index in [0.29, 0.717) is 82.2 Å². The minimum absolute atomic E-state index is 0.0137. The molecule has 10 aliphatic carbocycles. The predicted molar refractivity (Wildman–Crippen MR) is 477 cm³/mol. The van der Waals surface area contributed by atoms with Crippen LogP contribution >= 0.6 is 0 Å². The molecule has 1 unspecified atom stereocenters. The van der Waals surface area contributed by atoms with Crippen LogP contribution in [0.5, 0.6) is 5.75 Å². The number of Topliss-reactive ketones (excluding diaryl/α,β-unsaturated/α-hetero) is 6. The number of anilines is 4. The van der Waals surface area contributed by atoms with Gasteiger partial charge in [0.2, 0.25) is 35.1 Å². The second-order valence-electron chi connectivity index (χ2n) is 39.4. The average Bonchev–Trinajstić information content (AvgIpc) is 1.46. The summed E-state index contributed by atoms with van der Waals surface area (Å²) in [6.45, 7) is 29.4. The molecule has 4 fully saturated rings. The number of nitrogens with one attached hydrogen (secondary N) is 1. The highest BCUT2D eigenvalue weighted by molar-refractivity contribution is 6.16. The molecule has 8 heterocycles. The lowest BCUT2D eigenvalue weighted by molar-refractivity contribution is -0.138. The molecule has 14 aliphatic rings. The number of hydrogen-bond acceptors (Lipinski definition) is 27. The summed E-state index contributed by atoms with van der Waals surface area (Å²) in [5, 5.41) is 21.4. The fourth-order valence-electron chi connectivity index (χ4n) is 25.7. The van der Waals surface area contributed by atoms with Crippen LogP contribution in [0.25, 0.3) is 0 Å². The van der Waals surface area contributed by atoms with Crippen LogP contribution in [0, 0.1) is 51.8 Å². The Morgan fingerprint density at radius 2 is 0.970 bits per heavy atom. The highest BCUT2D eigenvalue weighted by Gasteiger charge is 2.67. The number of ketones is 6. The van der Waals surface area contributed by atoms with Gasteiger partial charge in [-0.2, -0.15) is 4.98 Å². The van der Waals surface area contributed by atoms with Gasteiger partial charge in [0.05, 0.1) is 67.0 Å². The number of carboxylic acid groups (broad SMARTS) is 2. The number of aliphatic carboxylic acids is 1. The minimum Gasteiger partial charge on any atom is -0.495 e. The van der Waals surface area contributed by atoms with Gasteiger partial charge in [-0.25, -0.2) is 24.2 Å². The van der Waals surface area contributed by atoms with Crippen molar-refractivity contribution in [3.05, 3.63) is 169 Å². The molecule has 5 aromatic rings. The van der Waals surface area contributed by atoms with Crippen molar-refractivity contribution in [1.82, 2.24) is 9.97 Å². The average molecular weight is 1810 g/mol. The molecule has 0 radical (unpaired) electrons. The summed E-state index contributed by atoms with van der Waals surface area (Å²) in [6, 6.07) is 4.62. The zero-order valence-corrected chi connectivity index (χ0v) is 77.1. The van der Waals surface area contributed by atoms with Gasteiger partial charge in [-0.05, 0) is 191 Å². The number of rotatable bonds is 24. The molecule has 31 nitrogen and oxygen atoms in total. The Bertz CT molecular complexity index is 5720. The molecular formula is C101H116N6O25. The van der Waals surface area contributed by atoms with Crippen molar-refractivity contribution < 1.29 is 119 Å². The lowest BCUT2D eigenvalue weighted by Gasteiger charge is -2.53. The van der Waals surface area contributed by atoms with E-state index in [1.807, 2.05) is 27.7 Å². The maximum absolute atomic E-state index is 14.0. The van der Waals surface area contributed by atoms with Crippen molar-refractivity contribution in [2.45, 2.75) is 237 Å². The van der Waals surface area contributed by atoms with E-state index in [9.17, 15) is 67.4 Å². The van der Waals surface area contributed by atoms with E-state index in [0.717, 1.165) is 115 Å². The first kappa shape index (κ1) is 93.4. The van der Waals surface area contributed by atoms with E-state index >= 15 is 0 Å². The van der Waals surface area contributed by atoms with Crippen molar-refractivity contribution >= 4 is 99.5 Å². The van der Waals surface area contributed by atoms with Crippen LogP contribution in [0.3, 0.4) is 0 Å². The van der Waals surface area contributed by atoms with E-state index in [2.05, 4.69) is 55.7 Å². The zero-order chi connectivity index (χ0) is 95.0. The van der Waals surface area contributed by atoms with Crippen molar-refractivity contribution in [3.63, 3.8) is 0 Å². The smallest absolute Gasteiger partial charge is 0.342 e. The summed E-state index contributed by atoms with van der Waals surface area (Å²) in [6.07, 6.45) is 16.0. The van der Waals surface area contributed by atoms with Crippen LogP contribution in [0.15, 0.2) is 126 Å². The van der Waals surface area contributed by atoms with Gasteiger partial charge in [0, 0.05) is 106 Å². The number of primary amides is 1. The molecule has 16 atom stereocenters. The Balaban J connectivity index is 0.000000129. The molecular weight excluding hydrogens is 1700 g/mol. The predicted octanol–water partition coefficient (Wildman–Crippen LogP) is 15.1. The van der Waals surface area contributed by atoms with Gasteiger partial charge in [-0.3, -0.25) is 38.4 Å². The van der Waals surface area contributed by atoms with Crippen molar-refractivity contribution in [3.8, 4) is 5.75 Å². The van der Waals surface area contributed by atoms with Gasteiger partial charge in [0.25, 0.3) is 0 Å². The summed E-state index contributed by atoms with van der Waals surface area (Å²) in [4.78, 5) is 178. The Labute approximate surface area is 764 Å². The van der Waals surface area contributed by atoms with Crippen LogP contribution < -0.4 is 25.6 Å². The molecule has 31 heteroatoms. The van der Waals surface area contributed by atoms with E-state index in [1.54, 1.807) is 38.2 Å². The number of hydrogen-bond donors (Lipinski definition) is 4. The normalized spacial score (nSPS) is 30.5. The monoisotopic (exact) mass is 1810 g/mol. The van der Waals surface area contributed by atoms with Crippen LogP contribution in [-0.4, -0.2) is 182 Å². The molecule has 0 spiro atoms. The zero-order valence-electron chi connectivity index (χ0n) is 77.1. The lowest BCUT2D eigenvalue weighted by atomic mass is 9.51. The first-order valence-electron chi connectivity index (χ1n) is 45.7. The Hall–Kier alpha value is -11.8. The topological polar surface area (TPSA) is 437 Å². The number of benzene rings is 1. The van der Waals surface area contributed by atoms with Gasteiger partial charge in [-0.1, -0.05) is 77.0 Å². The number of nitrogens with two attached hydrogens (primary N) is 1. The number of allylic oxidation sites excluding steroid dienone is 6. The number of amides is 2. The summed E-state index contributed by atoms with van der Waals surface area (Å²) >= 11 is 0. The van der Waals surface area contributed by atoms with Crippen LogP contribution in [0.4, 0.5) is 23.1 Å². The summed E-state index contributed by atoms with van der Waals surface area (Å²) in [5.74, 6) is -3.71. The quantitative estimate of drug-likeness (QED) is 0.0253. The lowest BCUT2D eigenvalue weighted by Crippen LogP contribution is -2.55. The number of nitrogens with zero attached hydrogens (tertiary/aromatic N) is 4. The van der Waals surface area contributed by atoms with Gasteiger partial charge < -0.3 is 82.3 Å². The van der Waals surface area contributed by atoms with Crippen LogP contribution in [0.2, 0.25) is 0 Å². The fourth-order valence-corrected chi connectivity index (χ4v) is 25.7. The molecule has 19 rings (SSSR count). The van der Waals surface area contributed by atoms with Gasteiger partial charge in [0.1, 0.15) is 88.6 Å². The number of ether oxygens (including phenoxy) is 7. The van der Waals surface area contributed by atoms with Crippen molar-refractivity contribution in [2.24, 2.45) is 57.5 Å². The maximum atomic E-state index is 14.0. The molecule has 700 valence electrons. The first-order valence-corrected chi connectivity index (χ1v) is 45.7. The summed E-state index contributed by atoms with van der Waals surface area (Å²) < 4.78 is 56.3. The second-order valence-corrected chi connectivity index (χ2v) is 39.4. The molecule has 4 saturated carbocycles. The SMILES string of the molecule is C=C1CC[C@H]2C3=C([C@H](CC(=O)CCC(=O)O)C[C@]12C)[C@]1(C)c2c(coc2C3=O)C(=O)O[C@@H]1COC.C=C1CC[C@H]2C3=C([C@H](CC(=O)CCC(N)=O)C[C@]12C)[C@]1(C)c2c(coc2C3=O)C(=O)O[C@@H]1COC.C=C1CC[C@H]2C3=C([C@H](CC(C)=O)C[C@]12C)[C@]1(C)c2c(coc2C3=O)C(=O)O[C@@H]1COC.CCC1C(=O)N(C)c2cnc(Nc3ccc(C(=O)O)cc3OC)nc2N1C1CCCC1. The number of fused-ring (bicyclic) bond motifs is 10. The number of cyclic esters (lactones) is 3. The molecule has 132 heavy (non-hydrogen) atoms. The standard InChI is InChI=1S/C27H31NO7.C27H30O8.C25H28O6.C22H27N5O4/c1-13-5-7-17-20-21(14(10-26(13,17)2)9-15(29)6-8-19(28)30)27(3)18(12-33-4)35-25(32)16-11-34-24(22(16)27)23(20)31;1-13-5-7-17-20-21(14(10-26(13,17)2)9-15(28)6-8-19(29)30)27(3)18(12-33-4)35-25(32)16-11-34-24(22(16)27)23(20)31;1-12-6-7-16-18-19(14(8-13(2)26)9-24(12,16)3)25(4)17(11-29-5)31-23(28)15-10-30-22(20(15)25)21(18)27;1-4-16-20(28)26(2)17-12-23-22(25-19(17)27(16)14-7-5-6-8-14)24-15-10-9-13(21(29)30)11-18(15)31-3/h11,14,17-18H,1,5-10,12H2,2-4H3,(H2,28,30);11,14,17-18H,1,5-10,12H2,2-4H3,(H,29,30);10,14,16-17H,1,6-9,11H2,2-5H3;9-12,14,16H,4-8H2,1-3H3,(H,29,30)(H,23,24,25)/t2*14-,17+,18-,26-,27-;14-,16+,17-,24-,25-;/m111./s1. The van der Waals surface area contributed by atoms with Crippen molar-refractivity contribution in [2.75, 3.05) is 70.4 Å².